The average molecular weight is 423 g/mol. The molecule has 0 atom stereocenters. The van der Waals surface area contributed by atoms with Gasteiger partial charge in [0.05, 0.1) is 31.0 Å². The van der Waals surface area contributed by atoms with Crippen molar-refractivity contribution in [3.8, 4) is 5.75 Å². The first-order valence-electron chi connectivity index (χ1n) is 9.61. The molecule has 30 heavy (non-hydrogen) atoms. The Morgan fingerprint density at radius 2 is 1.83 bits per heavy atom. The summed E-state index contributed by atoms with van der Waals surface area (Å²) in [6.45, 7) is 4.27. The third-order valence-electron chi connectivity index (χ3n) is 4.61. The number of nitrogens with zero attached hydrogens (tertiary/aromatic N) is 1. The molecule has 2 aromatic carbocycles. The van der Waals surface area contributed by atoms with Crippen LogP contribution >= 0.6 is 0 Å². The number of urea groups is 1. The van der Waals surface area contributed by atoms with E-state index in [4.69, 9.17) is 9.47 Å². The number of ether oxygens (including phenoxy) is 2. The fourth-order valence-electron chi connectivity index (χ4n) is 3.03. The van der Waals surface area contributed by atoms with E-state index >= 15 is 0 Å². The van der Waals surface area contributed by atoms with Crippen molar-refractivity contribution in [3.05, 3.63) is 53.6 Å². The second-order valence-corrected chi connectivity index (χ2v) is 6.87. The molecular weight excluding hydrogens is 399 g/mol. The van der Waals surface area contributed by atoms with Crippen LogP contribution in [0.4, 0.5) is 29.3 Å². The highest BCUT2D eigenvalue weighted by molar-refractivity contribution is 5.90. The summed E-state index contributed by atoms with van der Waals surface area (Å²) in [6.07, 6.45) is -4.60. The summed E-state index contributed by atoms with van der Waals surface area (Å²) < 4.78 is 51.3. The van der Waals surface area contributed by atoms with Gasteiger partial charge in [0.2, 0.25) is 0 Å². The smallest absolute Gasteiger partial charge is 0.418 e. The van der Waals surface area contributed by atoms with Crippen LogP contribution in [0.3, 0.4) is 0 Å². The van der Waals surface area contributed by atoms with Crippen molar-refractivity contribution < 1.29 is 27.4 Å². The molecule has 6 nitrogen and oxygen atoms in total. The molecule has 1 aliphatic heterocycles. The van der Waals surface area contributed by atoms with Gasteiger partial charge in [-0.05, 0) is 37.3 Å². The lowest BCUT2D eigenvalue weighted by Gasteiger charge is -2.29. The van der Waals surface area contributed by atoms with Gasteiger partial charge in [0, 0.05) is 18.8 Å². The molecule has 0 unspecified atom stereocenters. The van der Waals surface area contributed by atoms with Crippen LogP contribution in [0.2, 0.25) is 0 Å². The summed E-state index contributed by atoms with van der Waals surface area (Å²) in [6, 6.07) is 10.6. The van der Waals surface area contributed by atoms with Crippen LogP contribution in [0.5, 0.6) is 5.75 Å². The lowest BCUT2D eigenvalue weighted by molar-refractivity contribution is -0.136. The third-order valence-corrected chi connectivity index (χ3v) is 4.61. The van der Waals surface area contributed by atoms with Crippen molar-refractivity contribution >= 4 is 17.4 Å². The molecule has 3 rings (SSSR count). The zero-order valence-corrected chi connectivity index (χ0v) is 16.6. The van der Waals surface area contributed by atoms with E-state index in [-0.39, 0.29) is 18.8 Å². The number of nitrogens with one attached hydrogen (secondary N) is 2. The second-order valence-electron chi connectivity index (χ2n) is 6.87. The minimum Gasteiger partial charge on any atom is -0.492 e. The molecule has 2 aromatic rings. The van der Waals surface area contributed by atoms with Crippen LogP contribution < -0.4 is 20.3 Å². The van der Waals surface area contributed by atoms with E-state index in [1.807, 2.05) is 24.0 Å². The fourth-order valence-corrected chi connectivity index (χ4v) is 3.03. The van der Waals surface area contributed by atoms with Gasteiger partial charge >= 0.3 is 12.2 Å². The number of halogens is 3. The number of carbonyl (C=O) groups excluding carboxylic acids is 1. The Hall–Kier alpha value is -2.94. The maximum Gasteiger partial charge on any atom is 0.418 e. The highest BCUT2D eigenvalue weighted by atomic mass is 19.4. The van der Waals surface area contributed by atoms with Crippen LogP contribution in [0.25, 0.3) is 0 Å². The molecule has 2 N–H and O–H groups in total. The van der Waals surface area contributed by atoms with Crippen molar-refractivity contribution in [2.45, 2.75) is 13.1 Å². The maximum atomic E-state index is 13.5. The molecule has 0 bridgehead atoms. The number of hydrogen-bond donors (Lipinski definition) is 2. The van der Waals surface area contributed by atoms with Gasteiger partial charge in [0.15, 0.2) is 0 Å². The molecule has 1 saturated heterocycles. The first-order valence-corrected chi connectivity index (χ1v) is 9.61. The SMILES string of the molecule is Cc1ccc(OCCNC(=O)Nc2ccc(N3CCOCC3)cc2C(F)(F)F)cc1. The number of alkyl halides is 3. The predicted molar refractivity (Wildman–Crippen MR) is 108 cm³/mol. The molecule has 2 amide bonds. The number of hydrogen-bond acceptors (Lipinski definition) is 4. The number of carbonyl (C=O) groups is 1. The topological polar surface area (TPSA) is 62.8 Å². The monoisotopic (exact) mass is 423 g/mol. The van der Waals surface area contributed by atoms with E-state index in [0.717, 1.165) is 11.6 Å². The standard InChI is InChI=1S/C21H24F3N3O3/c1-15-2-5-17(6-3-15)30-11-8-25-20(28)26-19-7-4-16(14-18(19)21(22,23)24)27-9-12-29-13-10-27/h2-7,14H,8-13H2,1H3,(H2,25,26,28). The maximum absolute atomic E-state index is 13.5. The molecule has 0 radical (unpaired) electrons. The number of aryl methyl sites for hydroxylation is 1. The second kappa shape index (κ2) is 9.71. The van der Waals surface area contributed by atoms with E-state index < -0.39 is 17.8 Å². The summed E-state index contributed by atoms with van der Waals surface area (Å²) in [4.78, 5) is 13.9. The van der Waals surface area contributed by atoms with E-state index in [0.29, 0.717) is 37.7 Å². The van der Waals surface area contributed by atoms with Gasteiger partial charge in [-0.1, -0.05) is 17.7 Å². The largest absolute Gasteiger partial charge is 0.492 e. The summed E-state index contributed by atoms with van der Waals surface area (Å²) in [5.74, 6) is 0.654. The van der Waals surface area contributed by atoms with E-state index in [1.54, 1.807) is 18.2 Å². The Morgan fingerprint density at radius 1 is 1.13 bits per heavy atom. The predicted octanol–water partition coefficient (Wildman–Crippen LogP) is 4.05. The lowest BCUT2D eigenvalue weighted by atomic mass is 10.1. The number of amides is 2. The normalized spacial score (nSPS) is 14.3. The van der Waals surface area contributed by atoms with Crippen LogP contribution in [0.1, 0.15) is 11.1 Å². The van der Waals surface area contributed by atoms with Crippen molar-refractivity contribution in [3.63, 3.8) is 0 Å². The molecule has 1 fully saturated rings. The highest BCUT2D eigenvalue weighted by Gasteiger charge is 2.34. The molecule has 1 heterocycles. The van der Waals surface area contributed by atoms with Gasteiger partial charge in [0.1, 0.15) is 12.4 Å². The van der Waals surface area contributed by atoms with Gasteiger partial charge < -0.3 is 25.0 Å². The molecule has 162 valence electrons. The summed E-state index contributed by atoms with van der Waals surface area (Å²) in [5, 5.41) is 4.78. The Bertz CT molecular complexity index is 851. The van der Waals surface area contributed by atoms with E-state index in [2.05, 4.69) is 10.6 Å². The molecule has 1 aliphatic rings. The molecule has 9 heteroatoms. The van der Waals surface area contributed by atoms with Gasteiger partial charge in [-0.25, -0.2) is 4.79 Å². The quantitative estimate of drug-likeness (QED) is 0.689. The van der Waals surface area contributed by atoms with Gasteiger partial charge in [0.25, 0.3) is 0 Å². The summed E-state index contributed by atoms with van der Waals surface area (Å²) in [7, 11) is 0. The van der Waals surface area contributed by atoms with Crippen molar-refractivity contribution in [1.29, 1.82) is 0 Å². The first-order chi connectivity index (χ1) is 14.3. The van der Waals surface area contributed by atoms with Gasteiger partial charge in [-0.3, -0.25) is 0 Å². The molecule has 0 saturated carbocycles. The van der Waals surface area contributed by atoms with Crippen LogP contribution in [-0.2, 0) is 10.9 Å². The molecular formula is C21H24F3N3O3. The van der Waals surface area contributed by atoms with Gasteiger partial charge in [-0.2, -0.15) is 13.2 Å². The minimum absolute atomic E-state index is 0.146. The Labute approximate surface area is 173 Å². The fraction of sp³-hybridized carbons (Fsp3) is 0.381. The van der Waals surface area contributed by atoms with Crippen LogP contribution in [-0.4, -0.2) is 45.5 Å². The average Bonchev–Trinajstić information content (AvgIpc) is 2.72. The molecule has 0 aliphatic carbocycles. The number of morpholine rings is 1. The highest BCUT2D eigenvalue weighted by Crippen LogP contribution is 2.37. The molecule has 0 spiro atoms. The lowest BCUT2D eigenvalue weighted by Crippen LogP contribution is -2.36. The van der Waals surface area contributed by atoms with Crippen LogP contribution in [0, 0.1) is 6.92 Å². The Kier molecular flexibility index (Phi) is 7.04. The Balaban J connectivity index is 1.57. The van der Waals surface area contributed by atoms with E-state index in [9.17, 15) is 18.0 Å². The van der Waals surface area contributed by atoms with Crippen LogP contribution in [0.15, 0.2) is 42.5 Å². The Morgan fingerprint density at radius 3 is 2.50 bits per heavy atom. The molecule has 0 aromatic heterocycles. The first kappa shape index (κ1) is 21.8. The summed E-state index contributed by atoms with van der Waals surface area (Å²) >= 11 is 0. The zero-order valence-electron chi connectivity index (χ0n) is 16.6. The van der Waals surface area contributed by atoms with Crippen molar-refractivity contribution in [1.82, 2.24) is 5.32 Å². The summed E-state index contributed by atoms with van der Waals surface area (Å²) in [5.41, 5.74) is 0.358. The number of rotatable bonds is 6. The van der Waals surface area contributed by atoms with E-state index in [1.165, 1.54) is 6.07 Å². The minimum atomic E-state index is -4.60. The van der Waals surface area contributed by atoms with Crippen molar-refractivity contribution in [2.24, 2.45) is 0 Å². The van der Waals surface area contributed by atoms with Gasteiger partial charge in [-0.15, -0.1) is 0 Å². The number of benzene rings is 2. The van der Waals surface area contributed by atoms with Crippen molar-refractivity contribution in [2.75, 3.05) is 49.7 Å². The number of anilines is 2. The third kappa shape index (κ3) is 6.03. The zero-order chi connectivity index (χ0) is 21.6.